The van der Waals surface area contributed by atoms with Gasteiger partial charge in [0, 0.05) is 16.7 Å². The quantitative estimate of drug-likeness (QED) is 0.707. The summed E-state index contributed by atoms with van der Waals surface area (Å²) in [6.07, 6.45) is 7.70. The van der Waals surface area contributed by atoms with Gasteiger partial charge in [0.25, 0.3) is 0 Å². The zero-order chi connectivity index (χ0) is 13.0. The van der Waals surface area contributed by atoms with Crippen molar-refractivity contribution >= 4 is 23.2 Å². The lowest BCUT2D eigenvalue weighted by atomic mass is 9.96. The Morgan fingerprint density at radius 1 is 1.26 bits per heavy atom. The molecule has 1 aliphatic carbocycles. The van der Waals surface area contributed by atoms with Gasteiger partial charge in [0.15, 0.2) is 5.82 Å². The van der Waals surface area contributed by atoms with Crippen LogP contribution in [0.5, 0.6) is 0 Å². The molecule has 0 aliphatic heterocycles. The van der Waals surface area contributed by atoms with E-state index in [-0.39, 0.29) is 5.41 Å². The van der Waals surface area contributed by atoms with Crippen molar-refractivity contribution in [2.24, 2.45) is 5.41 Å². The topological polar surface area (TPSA) is 67.6 Å². The third-order valence-corrected chi connectivity index (χ3v) is 3.31. The van der Waals surface area contributed by atoms with Crippen LogP contribution < -0.4 is 10.6 Å². The lowest BCUT2D eigenvalue weighted by Crippen LogP contribution is -2.25. The molecule has 5 nitrogen and oxygen atoms in total. The molecule has 4 rings (SSSR count). The number of rotatable bonds is 1. The Morgan fingerprint density at radius 3 is 2.95 bits per heavy atom. The smallest absolute Gasteiger partial charge is 0.160 e. The maximum absolute atomic E-state index is 4.85. The summed E-state index contributed by atoms with van der Waals surface area (Å²) in [7, 11) is 0. The fraction of sp³-hybridized carbons (Fsp3) is 0.214. The van der Waals surface area contributed by atoms with Gasteiger partial charge in [-0.1, -0.05) is 25.1 Å². The van der Waals surface area contributed by atoms with Crippen molar-refractivity contribution in [2.45, 2.75) is 13.8 Å². The minimum Gasteiger partial charge on any atom is -0.364 e. The van der Waals surface area contributed by atoms with Crippen molar-refractivity contribution in [2.75, 3.05) is 0 Å². The molecule has 0 saturated heterocycles. The summed E-state index contributed by atoms with van der Waals surface area (Å²) in [4.78, 5) is 12.3. The molecule has 0 bridgehead atoms. The molecule has 94 valence electrons. The Balaban J connectivity index is 2.06. The van der Waals surface area contributed by atoms with Crippen LogP contribution in [0.4, 0.5) is 0 Å². The minimum atomic E-state index is 0.0305. The van der Waals surface area contributed by atoms with E-state index in [1.54, 1.807) is 12.3 Å². The van der Waals surface area contributed by atoms with Crippen LogP contribution in [-0.4, -0.2) is 20.1 Å². The first kappa shape index (κ1) is 10.5. The van der Waals surface area contributed by atoms with Crippen LogP contribution in [0.1, 0.15) is 13.8 Å². The molecule has 0 aromatic carbocycles. The van der Waals surface area contributed by atoms with Gasteiger partial charge in [0.05, 0.1) is 17.1 Å². The summed E-state index contributed by atoms with van der Waals surface area (Å²) in [5.41, 5.74) is 2.58. The molecule has 0 radical (unpaired) electrons. The Kier molecular flexibility index (Phi) is 1.83. The predicted molar refractivity (Wildman–Crippen MR) is 71.3 cm³/mol. The first-order valence-electron chi connectivity index (χ1n) is 6.14. The lowest BCUT2D eigenvalue weighted by Gasteiger charge is -2.08. The summed E-state index contributed by atoms with van der Waals surface area (Å²) in [6.45, 7) is 4.32. The zero-order valence-corrected chi connectivity index (χ0v) is 10.6. The number of nitrogens with zero attached hydrogens (tertiary/aromatic N) is 3. The van der Waals surface area contributed by atoms with E-state index in [2.05, 4.69) is 46.1 Å². The zero-order valence-electron chi connectivity index (χ0n) is 10.6. The molecule has 0 fully saturated rings. The van der Waals surface area contributed by atoms with Gasteiger partial charge in [-0.05, 0) is 6.08 Å². The molecule has 5 heteroatoms. The molecular weight excluding hydrogens is 240 g/mol. The Morgan fingerprint density at radius 2 is 2.16 bits per heavy atom. The number of fused-ring (bicyclic) bond motifs is 3. The van der Waals surface area contributed by atoms with Crippen LogP contribution in [0, 0.1) is 5.41 Å². The molecule has 0 amide bonds. The number of pyridine rings is 1. The van der Waals surface area contributed by atoms with Gasteiger partial charge in [-0.15, -0.1) is 0 Å². The maximum Gasteiger partial charge on any atom is 0.160 e. The second kappa shape index (κ2) is 3.32. The number of aromatic nitrogens is 4. The molecule has 0 saturated carbocycles. The van der Waals surface area contributed by atoms with Gasteiger partial charge >= 0.3 is 0 Å². The number of hydrogen-bond donors (Lipinski definition) is 1. The van der Waals surface area contributed by atoms with E-state index in [0.29, 0.717) is 11.5 Å². The average Bonchev–Trinajstić information content (AvgIpc) is 3.02. The van der Waals surface area contributed by atoms with Crippen LogP contribution in [0.25, 0.3) is 34.7 Å². The summed E-state index contributed by atoms with van der Waals surface area (Å²) in [5.74, 6) is 0.706. The molecule has 19 heavy (non-hydrogen) atoms. The molecule has 3 heterocycles. The van der Waals surface area contributed by atoms with Gasteiger partial charge in [0.1, 0.15) is 17.5 Å². The van der Waals surface area contributed by atoms with E-state index < -0.39 is 0 Å². The number of hydrogen-bond acceptors (Lipinski definition) is 4. The third kappa shape index (κ3) is 1.51. The van der Waals surface area contributed by atoms with E-state index in [0.717, 1.165) is 21.6 Å². The van der Waals surface area contributed by atoms with Crippen LogP contribution >= 0.6 is 0 Å². The molecular formula is C14H12N4O. The third-order valence-electron chi connectivity index (χ3n) is 3.31. The summed E-state index contributed by atoms with van der Waals surface area (Å²) in [6, 6.07) is 1.78. The van der Waals surface area contributed by atoms with Crippen LogP contribution in [0.2, 0.25) is 0 Å². The highest BCUT2D eigenvalue weighted by Crippen LogP contribution is 2.22. The van der Waals surface area contributed by atoms with Gasteiger partial charge in [-0.25, -0.2) is 4.98 Å². The lowest BCUT2D eigenvalue weighted by molar-refractivity contribution is 0.422. The van der Waals surface area contributed by atoms with E-state index >= 15 is 0 Å². The highest BCUT2D eigenvalue weighted by molar-refractivity contribution is 5.81. The Bertz CT molecular complexity index is 888. The van der Waals surface area contributed by atoms with Crippen LogP contribution in [-0.2, 0) is 0 Å². The second-order valence-corrected chi connectivity index (χ2v) is 5.40. The average molecular weight is 252 g/mol. The number of aromatic amines is 1. The molecule has 0 atom stereocenters. The fourth-order valence-corrected chi connectivity index (χ4v) is 2.50. The maximum atomic E-state index is 4.85. The monoisotopic (exact) mass is 252 g/mol. The highest BCUT2D eigenvalue weighted by Gasteiger charge is 2.18. The summed E-state index contributed by atoms with van der Waals surface area (Å²) < 4.78 is 4.85. The SMILES string of the molecule is CC1(C)C=c2ncc3nc(-c4ccon4)[nH]c3c2=C1. The normalized spacial score (nSPS) is 16.1. The van der Waals surface area contributed by atoms with E-state index in [4.69, 9.17) is 4.52 Å². The second-order valence-electron chi connectivity index (χ2n) is 5.40. The van der Waals surface area contributed by atoms with Crippen LogP contribution in [0.3, 0.4) is 0 Å². The minimum absolute atomic E-state index is 0.0305. The van der Waals surface area contributed by atoms with E-state index in [1.165, 1.54) is 6.26 Å². The Hall–Kier alpha value is -2.43. The molecule has 3 aromatic heterocycles. The standard InChI is InChI=1S/C14H12N4O/c1-14(2)5-8-10(6-14)15-7-11-12(8)17-13(16-11)9-3-4-19-18-9/h3-7H,1-2H3,(H,16,17). The van der Waals surface area contributed by atoms with Crippen molar-refractivity contribution in [1.29, 1.82) is 0 Å². The van der Waals surface area contributed by atoms with E-state index in [1.807, 2.05) is 0 Å². The van der Waals surface area contributed by atoms with Crippen molar-refractivity contribution in [3.63, 3.8) is 0 Å². The summed E-state index contributed by atoms with van der Waals surface area (Å²) >= 11 is 0. The number of nitrogens with one attached hydrogen (secondary N) is 1. The van der Waals surface area contributed by atoms with Crippen molar-refractivity contribution < 1.29 is 4.52 Å². The first-order valence-corrected chi connectivity index (χ1v) is 6.14. The number of H-pyrrole nitrogens is 1. The van der Waals surface area contributed by atoms with Gasteiger partial charge in [-0.2, -0.15) is 0 Å². The molecule has 3 aromatic rings. The van der Waals surface area contributed by atoms with Gasteiger partial charge < -0.3 is 9.51 Å². The van der Waals surface area contributed by atoms with Gasteiger partial charge in [0.2, 0.25) is 0 Å². The molecule has 1 aliphatic rings. The Labute approximate surface area is 108 Å². The van der Waals surface area contributed by atoms with Crippen molar-refractivity contribution in [3.8, 4) is 11.5 Å². The predicted octanol–water partition coefficient (Wildman–Crippen LogP) is 1.21. The summed E-state index contributed by atoms with van der Waals surface area (Å²) in [5, 5.41) is 6.02. The fourth-order valence-electron chi connectivity index (χ4n) is 2.50. The molecule has 0 unspecified atom stereocenters. The van der Waals surface area contributed by atoms with Crippen LogP contribution in [0.15, 0.2) is 23.0 Å². The highest BCUT2D eigenvalue weighted by atomic mass is 16.5. The van der Waals surface area contributed by atoms with Crippen molar-refractivity contribution in [1.82, 2.24) is 20.1 Å². The largest absolute Gasteiger partial charge is 0.364 e. The van der Waals surface area contributed by atoms with Gasteiger partial charge in [-0.3, -0.25) is 4.98 Å². The van der Waals surface area contributed by atoms with E-state index in [9.17, 15) is 0 Å². The number of imidazole rings is 1. The molecule has 1 N–H and O–H groups in total. The molecule has 0 spiro atoms. The van der Waals surface area contributed by atoms with Crippen molar-refractivity contribution in [3.05, 3.63) is 29.1 Å². The first-order chi connectivity index (χ1) is 9.12.